The highest BCUT2D eigenvalue weighted by molar-refractivity contribution is 6.31. The van der Waals surface area contributed by atoms with Gasteiger partial charge in [-0.1, -0.05) is 17.7 Å². The van der Waals surface area contributed by atoms with Crippen molar-refractivity contribution in [1.29, 1.82) is 0 Å². The van der Waals surface area contributed by atoms with Crippen LogP contribution in [0.25, 0.3) is 10.9 Å². The van der Waals surface area contributed by atoms with E-state index in [0.717, 1.165) is 36.6 Å². The van der Waals surface area contributed by atoms with Gasteiger partial charge in [-0.15, -0.1) is 0 Å². The Hall–Kier alpha value is -1.52. The number of carbonyl (C=O) groups is 1. The summed E-state index contributed by atoms with van der Waals surface area (Å²) < 4.78 is 0. The zero-order valence-corrected chi connectivity index (χ0v) is 11.9. The molecule has 0 amide bonds. The molecule has 0 radical (unpaired) electrons. The molecule has 0 bridgehead atoms. The second kappa shape index (κ2) is 5.46. The van der Waals surface area contributed by atoms with Crippen LogP contribution in [0.3, 0.4) is 0 Å². The summed E-state index contributed by atoms with van der Waals surface area (Å²) in [7, 11) is 0. The van der Waals surface area contributed by atoms with Crippen molar-refractivity contribution in [1.82, 2.24) is 9.88 Å². The molecule has 2 heterocycles. The number of nitrogens with one attached hydrogen (secondary N) is 1. The van der Waals surface area contributed by atoms with Crippen molar-refractivity contribution in [3.63, 3.8) is 0 Å². The lowest BCUT2D eigenvalue weighted by molar-refractivity contribution is -0.138. The number of carboxylic acid groups (broad SMARTS) is 1. The highest BCUT2D eigenvalue weighted by Crippen LogP contribution is 2.26. The summed E-state index contributed by atoms with van der Waals surface area (Å²) in [5, 5.41) is 10.8. The molecule has 1 aromatic heterocycles. The molecule has 106 valence electrons. The number of likely N-dealkylation sites (tertiary alicyclic amines) is 1. The van der Waals surface area contributed by atoms with Crippen LogP contribution < -0.4 is 0 Å². The fraction of sp³-hybridized carbons (Fsp3) is 0.400. The van der Waals surface area contributed by atoms with E-state index >= 15 is 0 Å². The Morgan fingerprint density at radius 2 is 2.35 bits per heavy atom. The van der Waals surface area contributed by atoms with Crippen LogP contribution in [0.15, 0.2) is 24.4 Å². The third-order valence-electron chi connectivity index (χ3n) is 3.96. The largest absolute Gasteiger partial charge is 0.481 e. The summed E-state index contributed by atoms with van der Waals surface area (Å²) in [5.41, 5.74) is 2.29. The van der Waals surface area contributed by atoms with Crippen molar-refractivity contribution < 1.29 is 9.90 Å². The number of carboxylic acids is 1. The molecule has 2 aromatic rings. The minimum atomic E-state index is -0.696. The molecular weight excluding hydrogens is 276 g/mol. The normalized spacial score (nSPS) is 19.8. The van der Waals surface area contributed by atoms with E-state index < -0.39 is 5.97 Å². The van der Waals surface area contributed by atoms with Crippen LogP contribution in [0, 0.1) is 5.92 Å². The van der Waals surface area contributed by atoms with E-state index in [2.05, 4.69) is 9.88 Å². The van der Waals surface area contributed by atoms with Crippen molar-refractivity contribution in [3.8, 4) is 0 Å². The van der Waals surface area contributed by atoms with Crippen LogP contribution in [0.1, 0.15) is 18.4 Å². The standard InChI is InChI=1S/C15H17ClN2O2/c16-12-1-2-13-11(7-17-14(13)6-12)9-18-4-3-10(8-18)5-15(19)20/h1-2,6-7,10,17H,3-5,8-9H2,(H,19,20). The lowest BCUT2D eigenvalue weighted by atomic mass is 10.1. The number of hydrogen-bond donors (Lipinski definition) is 2. The third kappa shape index (κ3) is 2.81. The van der Waals surface area contributed by atoms with E-state index in [1.54, 1.807) is 0 Å². The molecule has 1 atom stereocenters. The minimum Gasteiger partial charge on any atom is -0.481 e. The maximum atomic E-state index is 10.7. The number of fused-ring (bicyclic) bond motifs is 1. The van der Waals surface area contributed by atoms with Crippen molar-refractivity contribution in [2.75, 3.05) is 13.1 Å². The molecule has 4 nitrogen and oxygen atoms in total. The highest BCUT2D eigenvalue weighted by Gasteiger charge is 2.24. The van der Waals surface area contributed by atoms with Gasteiger partial charge in [-0.2, -0.15) is 0 Å². The number of aromatic nitrogens is 1. The molecule has 1 aromatic carbocycles. The number of benzene rings is 1. The fourth-order valence-corrected chi connectivity index (χ4v) is 3.17. The molecule has 5 heteroatoms. The zero-order valence-electron chi connectivity index (χ0n) is 11.1. The average Bonchev–Trinajstić information content (AvgIpc) is 2.97. The van der Waals surface area contributed by atoms with Crippen LogP contribution in [0.4, 0.5) is 0 Å². The molecule has 1 saturated heterocycles. The van der Waals surface area contributed by atoms with E-state index in [9.17, 15) is 4.79 Å². The molecule has 1 unspecified atom stereocenters. The Labute approximate surface area is 122 Å². The Morgan fingerprint density at radius 3 is 3.15 bits per heavy atom. The molecule has 3 rings (SSSR count). The molecule has 1 aliphatic rings. The Bertz CT molecular complexity index is 638. The average molecular weight is 293 g/mol. The molecular formula is C15H17ClN2O2. The predicted molar refractivity (Wildman–Crippen MR) is 78.9 cm³/mol. The quantitative estimate of drug-likeness (QED) is 0.910. The van der Waals surface area contributed by atoms with Gasteiger partial charge in [-0.25, -0.2) is 0 Å². The molecule has 1 aliphatic heterocycles. The number of H-pyrrole nitrogens is 1. The van der Waals surface area contributed by atoms with Gasteiger partial charge < -0.3 is 10.1 Å². The second-order valence-corrected chi connectivity index (χ2v) is 5.93. The van der Waals surface area contributed by atoms with Gasteiger partial charge in [0, 0.05) is 41.6 Å². The maximum Gasteiger partial charge on any atom is 0.303 e. The number of aliphatic carboxylic acids is 1. The van der Waals surface area contributed by atoms with Crippen LogP contribution in [-0.4, -0.2) is 34.0 Å². The van der Waals surface area contributed by atoms with Gasteiger partial charge in [0.2, 0.25) is 0 Å². The molecule has 1 fully saturated rings. The van der Waals surface area contributed by atoms with Gasteiger partial charge in [-0.3, -0.25) is 9.69 Å². The van der Waals surface area contributed by atoms with Crippen molar-refractivity contribution >= 4 is 28.5 Å². The van der Waals surface area contributed by atoms with Crippen molar-refractivity contribution in [2.45, 2.75) is 19.4 Å². The first-order valence-electron chi connectivity index (χ1n) is 6.81. The minimum absolute atomic E-state index is 0.278. The maximum absolute atomic E-state index is 10.7. The molecule has 2 N–H and O–H groups in total. The van der Waals surface area contributed by atoms with Crippen molar-refractivity contribution in [2.24, 2.45) is 5.92 Å². The lowest BCUT2D eigenvalue weighted by Gasteiger charge is -2.15. The molecule has 20 heavy (non-hydrogen) atoms. The van der Waals surface area contributed by atoms with E-state index in [1.807, 2.05) is 24.4 Å². The van der Waals surface area contributed by atoms with E-state index in [0.29, 0.717) is 0 Å². The summed E-state index contributed by atoms with van der Waals surface area (Å²) in [6.07, 6.45) is 3.27. The molecule has 0 aliphatic carbocycles. The second-order valence-electron chi connectivity index (χ2n) is 5.49. The van der Waals surface area contributed by atoms with Gasteiger partial charge in [0.25, 0.3) is 0 Å². The van der Waals surface area contributed by atoms with E-state index in [4.69, 9.17) is 16.7 Å². The monoisotopic (exact) mass is 292 g/mol. The van der Waals surface area contributed by atoms with Gasteiger partial charge in [0.1, 0.15) is 0 Å². The van der Waals surface area contributed by atoms with Gasteiger partial charge >= 0.3 is 5.97 Å². The SMILES string of the molecule is O=C(O)CC1CCN(Cc2c[nH]c3cc(Cl)ccc23)C1. The first-order valence-corrected chi connectivity index (χ1v) is 7.19. The number of nitrogens with zero attached hydrogens (tertiary/aromatic N) is 1. The van der Waals surface area contributed by atoms with Crippen LogP contribution in [0.2, 0.25) is 5.02 Å². The topological polar surface area (TPSA) is 56.3 Å². The van der Waals surface area contributed by atoms with E-state index in [-0.39, 0.29) is 12.3 Å². The van der Waals surface area contributed by atoms with Crippen LogP contribution >= 0.6 is 11.6 Å². The molecule has 0 saturated carbocycles. The van der Waals surface area contributed by atoms with E-state index in [1.165, 1.54) is 10.9 Å². The summed E-state index contributed by atoms with van der Waals surface area (Å²) in [6, 6.07) is 5.87. The van der Waals surface area contributed by atoms with Crippen molar-refractivity contribution in [3.05, 3.63) is 35.0 Å². The first-order chi connectivity index (χ1) is 9.61. The summed E-state index contributed by atoms with van der Waals surface area (Å²) >= 11 is 5.98. The number of halogens is 1. The fourth-order valence-electron chi connectivity index (χ4n) is 3.00. The van der Waals surface area contributed by atoms with Gasteiger partial charge in [-0.05, 0) is 36.6 Å². The Morgan fingerprint density at radius 1 is 1.50 bits per heavy atom. The Kier molecular flexibility index (Phi) is 3.68. The zero-order chi connectivity index (χ0) is 14.1. The summed E-state index contributed by atoms with van der Waals surface area (Å²) in [4.78, 5) is 16.3. The summed E-state index contributed by atoms with van der Waals surface area (Å²) in [5.74, 6) is -0.411. The van der Waals surface area contributed by atoms with Gasteiger partial charge in [0.05, 0.1) is 0 Å². The highest BCUT2D eigenvalue weighted by atomic mass is 35.5. The van der Waals surface area contributed by atoms with Gasteiger partial charge in [0.15, 0.2) is 0 Å². The number of hydrogen-bond acceptors (Lipinski definition) is 2. The smallest absolute Gasteiger partial charge is 0.303 e. The third-order valence-corrected chi connectivity index (χ3v) is 4.19. The summed E-state index contributed by atoms with van der Waals surface area (Å²) in [6.45, 7) is 2.70. The van der Waals surface area contributed by atoms with Crippen LogP contribution in [0.5, 0.6) is 0 Å². The first kappa shape index (κ1) is 13.5. The molecule has 0 spiro atoms. The predicted octanol–water partition coefficient (Wildman–Crippen LogP) is 3.12. The Balaban J connectivity index is 1.70. The lowest BCUT2D eigenvalue weighted by Crippen LogP contribution is -2.20. The number of aromatic amines is 1. The number of rotatable bonds is 4. The van der Waals surface area contributed by atoms with Crippen LogP contribution in [-0.2, 0) is 11.3 Å².